The van der Waals surface area contributed by atoms with Crippen LogP contribution in [0, 0.1) is 0 Å². The van der Waals surface area contributed by atoms with E-state index in [1.165, 1.54) is 0 Å². The molecule has 0 saturated heterocycles. The summed E-state index contributed by atoms with van der Waals surface area (Å²) in [5, 5.41) is 23.8. The summed E-state index contributed by atoms with van der Waals surface area (Å²) in [6, 6.07) is 0.732. The molecular weight excluding hydrogens is 446 g/mol. The highest BCUT2D eigenvalue weighted by Gasteiger charge is 2.51. The van der Waals surface area contributed by atoms with Gasteiger partial charge in [0.05, 0.1) is 21.3 Å². The van der Waals surface area contributed by atoms with Gasteiger partial charge in [-0.15, -0.1) is 0 Å². The summed E-state index contributed by atoms with van der Waals surface area (Å²) in [5.74, 6) is -2.85. The van der Waals surface area contributed by atoms with E-state index in [4.69, 9.17) is 23.2 Å². The van der Waals surface area contributed by atoms with E-state index in [0.717, 1.165) is 12.1 Å². The smallest absolute Gasteiger partial charge is 0.388 e. The number of rotatable bonds is 4. The van der Waals surface area contributed by atoms with Crippen LogP contribution in [0.25, 0.3) is 0 Å². The summed E-state index contributed by atoms with van der Waals surface area (Å²) in [6.07, 6.45) is -6.42. The summed E-state index contributed by atoms with van der Waals surface area (Å²) < 4.78 is 65.3. The molecule has 2 rings (SSSR count). The summed E-state index contributed by atoms with van der Waals surface area (Å²) in [7, 11) is 0. The van der Waals surface area contributed by atoms with Crippen molar-refractivity contribution in [2.45, 2.75) is 55.9 Å². The Balaban J connectivity index is 2.06. The molecule has 0 spiro atoms. The average Bonchev–Trinajstić information content (AvgIpc) is 2.58. The number of carbonyl (C=O) groups excluding carboxylic acids is 1. The first-order chi connectivity index (χ1) is 13.1. The van der Waals surface area contributed by atoms with Crippen LogP contribution >= 0.6 is 23.2 Å². The van der Waals surface area contributed by atoms with Gasteiger partial charge in [-0.1, -0.05) is 23.2 Å². The highest BCUT2D eigenvalue weighted by molar-refractivity contribution is 6.39. The monoisotopic (exact) mass is 464 g/mol. The van der Waals surface area contributed by atoms with E-state index in [0.29, 0.717) is 6.92 Å². The molecule has 5 nitrogen and oxygen atoms in total. The number of amides is 2. The molecule has 1 aromatic rings. The Morgan fingerprint density at radius 1 is 1.14 bits per heavy atom. The third kappa shape index (κ3) is 5.62. The van der Waals surface area contributed by atoms with Crippen LogP contribution in [-0.4, -0.2) is 40.5 Å². The Hall–Kier alpha value is -1.36. The SMILES string of the molecule is CC(O)(c1cc(Cl)c(NC(=O)NCC2(O)CCC(F)(F)CC2)c(Cl)c1)C(F)(F)F. The second-order valence-corrected chi connectivity index (χ2v) is 8.09. The van der Waals surface area contributed by atoms with Gasteiger partial charge in [0.2, 0.25) is 5.92 Å². The summed E-state index contributed by atoms with van der Waals surface area (Å²) in [5.41, 5.74) is -5.55. The molecule has 12 heteroatoms. The molecule has 1 atom stereocenters. The zero-order valence-electron chi connectivity index (χ0n) is 15.1. The van der Waals surface area contributed by atoms with Gasteiger partial charge in [-0.25, -0.2) is 13.6 Å². The van der Waals surface area contributed by atoms with Crippen molar-refractivity contribution in [1.82, 2.24) is 5.32 Å². The minimum Gasteiger partial charge on any atom is -0.388 e. The number of urea groups is 1. The van der Waals surface area contributed by atoms with Gasteiger partial charge in [-0.05, 0) is 37.5 Å². The van der Waals surface area contributed by atoms with Crippen molar-refractivity contribution in [3.05, 3.63) is 27.7 Å². The van der Waals surface area contributed by atoms with Crippen molar-refractivity contribution in [2.75, 3.05) is 11.9 Å². The number of benzene rings is 1. The Morgan fingerprint density at radius 3 is 2.07 bits per heavy atom. The number of aliphatic hydroxyl groups is 2. The molecule has 0 radical (unpaired) electrons. The normalized spacial score (nSPS) is 20.6. The lowest BCUT2D eigenvalue weighted by molar-refractivity contribution is -0.258. The molecule has 0 bridgehead atoms. The average molecular weight is 465 g/mol. The molecule has 0 aromatic heterocycles. The Kier molecular flexibility index (Phi) is 6.64. The fourth-order valence-electron chi connectivity index (χ4n) is 2.80. The highest BCUT2D eigenvalue weighted by Crippen LogP contribution is 2.43. The van der Waals surface area contributed by atoms with E-state index >= 15 is 0 Å². The van der Waals surface area contributed by atoms with Gasteiger partial charge in [0.1, 0.15) is 0 Å². The van der Waals surface area contributed by atoms with Crippen LogP contribution in [0.1, 0.15) is 38.2 Å². The first-order valence-electron chi connectivity index (χ1n) is 8.50. The van der Waals surface area contributed by atoms with Crippen LogP contribution in [0.2, 0.25) is 10.0 Å². The van der Waals surface area contributed by atoms with Crippen molar-refractivity contribution in [3.8, 4) is 0 Å². The maximum atomic E-state index is 13.2. The number of hydrogen-bond donors (Lipinski definition) is 4. The van der Waals surface area contributed by atoms with Gasteiger partial charge in [0.15, 0.2) is 5.60 Å². The number of anilines is 1. The van der Waals surface area contributed by atoms with Gasteiger partial charge < -0.3 is 20.8 Å². The van der Waals surface area contributed by atoms with Crippen LogP contribution in [0.3, 0.4) is 0 Å². The van der Waals surface area contributed by atoms with Crippen LogP contribution in [0.5, 0.6) is 0 Å². The third-order valence-corrected chi connectivity index (χ3v) is 5.48. The van der Waals surface area contributed by atoms with Gasteiger partial charge >= 0.3 is 12.2 Å². The van der Waals surface area contributed by atoms with E-state index in [1.807, 2.05) is 0 Å². The minimum absolute atomic E-state index is 0.205. The van der Waals surface area contributed by atoms with Crippen LogP contribution in [-0.2, 0) is 5.60 Å². The number of alkyl halides is 5. The first kappa shape index (κ1) is 23.9. The first-order valence-corrected chi connectivity index (χ1v) is 9.26. The van der Waals surface area contributed by atoms with Crippen molar-refractivity contribution in [3.63, 3.8) is 0 Å². The van der Waals surface area contributed by atoms with Crippen LogP contribution in [0.15, 0.2) is 12.1 Å². The molecule has 2 amide bonds. The van der Waals surface area contributed by atoms with E-state index in [2.05, 4.69) is 10.6 Å². The predicted octanol–water partition coefficient (Wildman–Crippen LogP) is 4.83. The van der Waals surface area contributed by atoms with Gasteiger partial charge in [-0.2, -0.15) is 13.2 Å². The molecule has 164 valence electrons. The lowest BCUT2D eigenvalue weighted by atomic mass is 9.83. The number of carbonyl (C=O) groups is 1. The quantitative estimate of drug-likeness (QED) is 0.482. The van der Waals surface area contributed by atoms with Crippen molar-refractivity contribution >= 4 is 34.9 Å². The maximum Gasteiger partial charge on any atom is 0.421 e. The molecule has 29 heavy (non-hydrogen) atoms. The molecule has 1 aromatic carbocycles. The molecule has 1 aliphatic rings. The standard InChI is InChI=1S/C17H19Cl2F5N2O3/c1-14(28,17(22,23)24)9-6-10(18)12(11(19)7-9)26-13(27)25-8-15(29)2-4-16(20,21)5-3-15/h6-7,28-29H,2-5,8H2,1H3,(H2,25,26,27). The number of hydrogen-bond acceptors (Lipinski definition) is 3. The van der Waals surface area contributed by atoms with Crippen molar-refractivity contribution in [2.24, 2.45) is 0 Å². The molecule has 4 N–H and O–H groups in total. The molecule has 1 saturated carbocycles. The molecule has 1 aliphatic carbocycles. The zero-order valence-corrected chi connectivity index (χ0v) is 16.7. The molecule has 1 unspecified atom stereocenters. The molecule has 0 aliphatic heterocycles. The summed E-state index contributed by atoms with van der Waals surface area (Å²) in [6.45, 7) is 0.216. The topological polar surface area (TPSA) is 81.6 Å². The van der Waals surface area contributed by atoms with E-state index in [9.17, 15) is 37.0 Å². The number of nitrogens with one attached hydrogen (secondary N) is 2. The Bertz CT molecular complexity index is 754. The van der Waals surface area contributed by atoms with E-state index in [-0.39, 0.29) is 35.1 Å². The summed E-state index contributed by atoms with van der Waals surface area (Å²) >= 11 is 11.8. The predicted molar refractivity (Wildman–Crippen MR) is 97.5 cm³/mol. The second-order valence-electron chi connectivity index (χ2n) is 7.27. The van der Waals surface area contributed by atoms with Gasteiger partial charge in [0.25, 0.3) is 0 Å². The zero-order chi connectivity index (χ0) is 22.3. The molecule has 0 heterocycles. The Morgan fingerprint density at radius 2 is 1.62 bits per heavy atom. The van der Waals surface area contributed by atoms with E-state index in [1.54, 1.807) is 0 Å². The van der Waals surface area contributed by atoms with Crippen molar-refractivity contribution in [1.29, 1.82) is 0 Å². The summed E-state index contributed by atoms with van der Waals surface area (Å²) in [4.78, 5) is 12.0. The number of halogens is 7. The fourth-order valence-corrected chi connectivity index (χ4v) is 3.38. The molecular formula is C17H19Cl2F5N2O3. The molecule has 1 fully saturated rings. The second kappa shape index (κ2) is 8.05. The van der Waals surface area contributed by atoms with Gasteiger partial charge in [-0.3, -0.25) is 0 Å². The largest absolute Gasteiger partial charge is 0.421 e. The maximum absolute atomic E-state index is 13.2. The van der Waals surface area contributed by atoms with Crippen LogP contribution < -0.4 is 10.6 Å². The lowest BCUT2D eigenvalue weighted by Gasteiger charge is -2.35. The van der Waals surface area contributed by atoms with E-state index < -0.39 is 47.7 Å². The highest BCUT2D eigenvalue weighted by atomic mass is 35.5. The minimum atomic E-state index is -4.99. The van der Waals surface area contributed by atoms with Crippen LogP contribution in [0.4, 0.5) is 32.4 Å². The third-order valence-electron chi connectivity index (χ3n) is 4.88. The Labute approximate surface area is 173 Å². The lowest BCUT2D eigenvalue weighted by Crippen LogP contribution is -2.48. The fraction of sp³-hybridized carbons (Fsp3) is 0.588. The van der Waals surface area contributed by atoms with Gasteiger partial charge in [0, 0.05) is 19.4 Å². The van der Waals surface area contributed by atoms with Crippen molar-refractivity contribution < 1.29 is 37.0 Å².